The molecule has 2 N–H and O–H groups in total. The first kappa shape index (κ1) is 12.3. The Morgan fingerprint density at radius 1 is 1.62 bits per heavy atom. The van der Waals surface area contributed by atoms with Crippen LogP contribution in [0.3, 0.4) is 0 Å². The lowest BCUT2D eigenvalue weighted by atomic mass is 9.86. The number of carbonyl (C=O) groups is 1. The largest absolute Gasteiger partial charge is 0.480 e. The predicted octanol–water partition coefficient (Wildman–Crippen LogP) is 1.03. The Morgan fingerprint density at radius 3 is 2.69 bits per heavy atom. The fourth-order valence-corrected chi connectivity index (χ4v) is 1.55. The minimum absolute atomic E-state index is 0. The van der Waals surface area contributed by atoms with Crippen LogP contribution >= 0.6 is 12.4 Å². The van der Waals surface area contributed by atoms with Gasteiger partial charge < -0.3 is 10.4 Å². The summed E-state index contributed by atoms with van der Waals surface area (Å²) in [7, 11) is 0. The van der Waals surface area contributed by atoms with Crippen LogP contribution in [-0.4, -0.2) is 23.2 Å². The summed E-state index contributed by atoms with van der Waals surface area (Å²) in [4.78, 5) is 10.9. The van der Waals surface area contributed by atoms with Crippen molar-refractivity contribution in [2.75, 3.05) is 6.54 Å². The molecule has 3 nitrogen and oxygen atoms in total. The van der Waals surface area contributed by atoms with Gasteiger partial charge in [-0.05, 0) is 25.8 Å². The highest BCUT2D eigenvalue weighted by Crippen LogP contribution is 2.22. The molecule has 0 aliphatic carbocycles. The molecule has 4 heteroatoms. The number of carboxylic acid groups (broad SMARTS) is 1. The summed E-state index contributed by atoms with van der Waals surface area (Å²) in [6.07, 6.45) is 8.04. The zero-order valence-corrected chi connectivity index (χ0v) is 8.19. The molecule has 0 saturated carbocycles. The van der Waals surface area contributed by atoms with Crippen molar-refractivity contribution in [1.29, 1.82) is 0 Å². The first-order valence-corrected chi connectivity index (χ1v) is 4.13. The molecule has 0 aromatic carbocycles. The summed E-state index contributed by atoms with van der Waals surface area (Å²) in [6.45, 7) is 0.758. The van der Waals surface area contributed by atoms with Gasteiger partial charge in [0, 0.05) is 6.42 Å². The number of halogens is 1. The predicted molar refractivity (Wildman–Crippen MR) is 52.9 cm³/mol. The third-order valence-corrected chi connectivity index (χ3v) is 2.31. The summed E-state index contributed by atoms with van der Waals surface area (Å²) in [5.74, 6) is 1.60. The highest BCUT2D eigenvalue weighted by molar-refractivity contribution is 5.85. The van der Waals surface area contributed by atoms with Gasteiger partial charge in [0.1, 0.15) is 5.54 Å². The highest BCUT2D eigenvalue weighted by atomic mass is 35.5. The van der Waals surface area contributed by atoms with E-state index in [0.29, 0.717) is 6.42 Å². The molecule has 0 amide bonds. The molecule has 74 valence electrons. The minimum Gasteiger partial charge on any atom is -0.480 e. The molecule has 0 radical (unpaired) electrons. The van der Waals surface area contributed by atoms with E-state index in [2.05, 4.69) is 11.2 Å². The molecule has 1 aliphatic rings. The second kappa shape index (κ2) is 5.11. The minimum atomic E-state index is -0.840. The molecule has 0 aromatic heterocycles. The average Bonchev–Trinajstić information content (AvgIpc) is 2.06. The maximum absolute atomic E-state index is 10.9. The third kappa shape index (κ3) is 2.61. The van der Waals surface area contributed by atoms with Gasteiger partial charge in [-0.1, -0.05) is 0 Å². The van der Waals surface area contributed by atoms with Gasteiger partial charge in [-0.15, -0.1) is 24.8 Å². The Morgan fingerprint density at radius 2 is 2.31 bits per heavy atom. The Hall–Kier alpha value is -0.720. The van der Waals surface area contributed by atoms with Gasteiger partial charge in [-0.3, -0.25) is 4.79 Å². The number of terminal acetylenes is 1. The molecule has 1 fully saturated rings. The second-order valence-corrected chi connectivity index (χ2v) is 3.15. The van der Waals surface area contributed by atoms with Crippen LogP contribution in [-0.2, 0) is 4.79 Å². The zero-order valence-electron chi connectivity index (χ0n) is 7.38. The van der Waals surface area contributed by atoms with E-state index in [1.54, 1.807) is 0 Å². The van der Waals surface area contributed by atoms with E-state index in [1.807, 2.05) is 0 Å². The van der Waals surface area contributed by atoms with Crippen molar-refractivity contribution in [3.05, 3.63) is 0 Å². The SMILES string of the molecule is C#CCC1(C(=O)O)CCCCN1.Cl. The summed E-state index contributed by atoms with van der Waals surface area (Å²) in [5, 5.41) is 12.0. The third-order valence-electron chi connectivity index (χ3n) is 2.31. The van der Waals surface area contributed by atoms with E-state index in [1.165, 1.54) is 0 Å². The van der Waals surface area contributed by atoms with Crippen molar-refractivity contribution < 1.29 is 9.90 Å². The van der Waals surface area contributed by atoms with Gasteiger partial charge in [-0.25, -0.2) is 0 Å². The lowest BCUT2D eigenvalue weighted by Gasteiger charge is -2.32. The van der Waals surface area contributed by atoms with Gasteiger partial charge >= 0.3 is 5.97 Å². The van der Waals surface area contributed by atoms with Crippen molar-refractivity contribution in [3.8, 4) is 12.3 Å². The first-order valence-electron chi connectivity index (χ1n) is 4.13. The first-order chi connectivity index (χ1) is 5.71. The number of nitrogens with one attached hydrogen (secondary N) is 1. The molecule has 1 heterocycles. The Bertz CT molecular complexity index is 216. The summed E-state index contributed by atoms with van der Waals surface area (Å²) >= 11 is 0. The van der Waals surface area contributed by atoms with Gasteiger partial charge in [0.05, 0.1) is 0 Å². The van der Waals surface area contributed by atoms with Gasteiger partial charge in [-0.2, -0.15) is 0 Å². The molecule has 1 aliphatic heterocycles. The van der Waals surface area contributed by atoms with E-state index in [0.717, 1.165) is 19.4 Å². The Labute approximate surface area is 84.3 Å². The molecule has 1 unspecified atom stereocenters. The van der Waals surface area contributed by atoms with Crippen LogP contribution in [0.15, 0.2) is 0 Å². The fourth-order valence-electron chi connectivity index (χ4n) is 1.55. The molecule has 1 saturated heterocycles. The zero-order chi connectivity index (χ0) is 9.03. The molecular formula is C9H14ClNO2. The normalized spacial score (nSPS) is 27.0. The monoisotopic (exact) mass is 203 g/mol. The van der Waals surface area contributed by atoms with Gasteiger partial charge in [0.2, 0.25) is 0 Å². The highest BCUT2D eigenvalue weighted by Gasteiger charge is 2.38. The molecule has 1 atom stereocenters. The summed E-state index contributed by atoms with van der Waals surface area (Å²) in [5.41, 5.74) is -0.840. The fraction of sp³-hybridized carbons (Fsp3) is 0.667. The lowest BCUT2D eigenvalue weighted by Crippen LogP contribution is -2.54. The standard InChI is InChI=1S/C9H13NO2.ClH/c1-2-5-9(8(11)12)6-3-4-7-10-9;/h1,10H,3-7H2,(H,11,12);1H. The molecule has 0 spiro atoms. The smallest absolute Gasteiger partial charge is 0.324 e. The van der Waals surface area contributed by atoms with Crippen LogP contribution in [0, 0.1) is 12.3 Å². The molecule has 0 bridgehead atoms. The van der Waals surface area contributed by atoms with Crippen LogP contribution in [0.25, 0.3) is 0 Å². The molecule has 1 rings (SSSR count). The van der Waals surface area contributed by atoms with Crippen molar-refractivity contribution in [1.82, 2.24) is 5.32 Å². The van der Waals surface area contributed by atoms with Crippen LogP contribution in [0.4, 0.5) is 0 Å². The van der Waals surface area contributed by atoms with Crippen LogP contribution in [0.1, 0.15) is 25.7 Å². The number of hydrogen-bond acceptors (Lipinski definition) is 2. The summed E-state index contributed by atoms with van der Waals surface area (Å²) in [6, 6.07) is 0. The van der Waals surface area contributed by atoms with Crippen LogP contribution in [0.5, 0.6) is 0 Å². The van der Waals surface area contributed by atoms with Gasteiger partial charge in [0.15, 0.2) is 0 Å². The quantitative estimate of drug-likeness (QED) is 0.660. The van der Waals surface area contributed by atoms with E-state index in [4.69, 9.17) is 11.5 Å². The maximum atomic E-state index is 10.9. The van der Waals surface area contributed by atoms with Crippen molar-refractivity contribution in [2.24, 2.45) is 0 Å². The van der Waals surface area contributed by atoms with E-state index in [-0.39, 0.29) is 18.8 Å². The maximum Gasteiger partial charge on any atom is 0.324 e. The van der Waals surface area contributed by atoms with E-state index >= 15 is 0 Å². The molecular weight excluding hydrogens is 190 g/mol. The summed E-state index contributed by atoms with van der Waals surface area (Å²) < 4.78 is 0. The van der Waals surface area contributed by atoms with Crippen molar-refractivity contribution >= 4 is 18.4 Å². The van der Waals surface area contributed by atoms with E-state index in [9.17, 15) is 4.79 Å². The molecule has 13 heavy (non-hydrogen) atoms. The van der Waals surface area contributed by atoms with E-state index < -0.39 is 11.5 Å². The Balaban J connectivity index is 0.00000144. The van der Waals surface area contributed by atoms with Crippen molar-refractivity contribution in [2.45, 2.75) is 31.2 Å². The molecule has 0 aromatic rings. The topological polar surface area (TPSA) is 49.3 Å². The number of rotatable bonds is 2. The van der Waals surface area contributed by atoms with Crippen LogP contribution < -0.4 is 5.32 Å². The number of carboxylic acids is 1. The second-order valence-electron chi connectivity index (χ2n) is 3.15. The number of hydrogen-bond donors (Lipinski definition) is 2. The lowest BCUT2D eigenvalue weighted by molar-refractivity contribution is -0.145. The van der Waals surface area contributed by atoms with Crippen molar-refractivity contribution in [3.63, 3.8) is 0 Å². The average molecular weight is 204 g/mol. The number of piperidine rings is 1. The number of aliphatic carboxylic acids is 1. The van der Waals surface area contributed by atoms with Crippen LogP contribution in [0.2, 0.25) is 0 Å². The van der Waals surface area contributed by atoms with Gasteiger partial charge in [0.25, 0.3) is 0 Å². The Kier molecular flexibility index (Phi) is 4.82.